The van der Waals surface area contributed by atoms with Gasteiger partial charge < -0.3 is 21.1 Å². The number of amides is 2. The molecule has 4 N–H and O–H groups in total. The van der Waals surface area contributed by atoms with Crippen molar-refractivity contribution in [3.05, 3.63) is 29.8 Å². The summed E-state index contributed by atoms with van der Waals surface area (Å²) in [6, 6.07) is 7.09. The van der Waals surface area contributed by atoms with Crippen LogP contribution in [0, 0.1) is 0 Å². The molecule has 0 unspecified atom stereocenters. The molecule has 1 rings (SSSR count). The van der Waals surface area contributed by atoms with Gasteiger partial charge in [-0.15, -0.1) is 0 Å². The molecule has 2 amide bonds. The Morgan fingerprint density at radius 2 is 2.05 bits per heavy atom. The summed E-state index contributed by atoms with van der Waals surface area (Å²) in [4.78, 5) is 22.9. The molecule has 0 atom stereocenters. The van der Waals surface area contributed by atoms with Crippen molar-refractivity contribution in [1.29, 1.82) is 0 Å². The third-order valence-electron chi connectivity index (χ3n) is 2.39. The number of hydrogen-bond donors (Lipinski definition) is 3. The summed E-state index contributed by atoms with van der Waals surface area (Å²) in [7, 11) is 1.56. The van der Waals surface area contributed by atoms with Crippen LogP contribution in [0.15, 0.2) is 24.3 Å². The van der Waals surface area contributed by atoms with Gasteiger partial charge in [-0.3, -0.25) is 9.59 Å². The molecule has 0 aromatic heterocycles. The first kappa shape index (κ1) is 15.0. The SMILES string of the molecule is COCCNC(=O)CNC(=O)Cc1cccc(N)c1. The van der Waals surface area contributed by atoms with Crippen molar-refractivity contribution in [1.82, 2.24) is 10.6 Å². The smallest absolute Gasteiger partial charge is 0.239 e. The molecular weight excluding hydrogens is 246 g/mol. The zero-order chi connectivity index (χ0) is 14.1. The van der Waals surface area contributed by atoms with Gasteiger partial charge in [-0.05, 0) is 17.7 Å². The Bertz CT molecular complexity index is 435. The minimum atomic E-state index is -0.238. The van der Waals surface area contributed by atoms with Crippen LogP contribution in [0.2, 0.25) is 0 Å². The van der Waals surface area contributed by atoms with Crippen LogP contribution >= 0.6 is 0 Å². The van der Waals surface area contributed by atoms with Gasteiger partial charge in [0.1, 0.15) is 0 Å². The Morgan fingerprint density at radius 1 is 1.26 bits per heavy atom. The molecule has 6 heteroatoms. The first-order valence-corrected chi connectivity index (χ1v) is 5.98. The Hall–Kier alpha value is -2.08. The Kier molecular flexibility index (Phi) is 6.38. The van der Waals surface area contributed by atoms with Gasteiger partial charge in [0.05, 0.1) is 19.6 Å². The van der Waals surface area contributed by atoms with Crippen LogP contribution in [0.5, 0.6) is 0 Å². The van der Waals surface area contributed by atoms with Crippen LogP contribution in [-0.4, -0.2) is 38.6 Å². The third kappa shape index (κ3) is 6.42. The van der Waals surface area contributed by atoms with Crippen molar-refractivity contribution in [3.8, 4) is 0 Å². The average Bonchev–Trinajstić information content (AvgIpc) is 2.37. The van der Waals surface area contributed by atoms with Crippen molar-refractivity contribution < 1.29 is 14.3 Å². The quantitative estimate of drug-likeness (QED) is 0.465. The highest BCUT2D eigenvalue weighted by Crippen LogP contribution is 2.06. The average molecular weight is 265 g/mol. The lowest BCUT2D eigenvalue weighted by Gasteiger charge is -2.07. The fourth-order valence-corrected chi connectivity index (χ4v) is 1.48. The van der Waals surface area contributed by atoms with Crippen molar-refractivity contribution in [3.63, 3.8) is 0 Å². The van der Waals surface area contributed by atoms with E-state index in [0.29, 0.717) is 18.8 Å². The van der Waals surface area contributed by atoms with Gasteiger partial charge >= 0.3 is 0 Å². The lowest BCUT2D eigenvalue weighted by molar-refractivity contribution is -0.125. The van der Waals surface area contributed by atoms with Crippen LogP contribution in [0.4, 0.5) is 5.69 Å². The van der Waals surface area contributed by atoms with Crippen LogP contribution in [0.25, 0.3) is 0 Å². The van der Waals surface area contributed by atoms with Crippen LogP contribution < -0.4 is 16.4 Å². The molecule has 0 aliphatic rings. The van der Waals surface area contributed by atoms with Crippen molar-refractivity contribution in [2.45, 2.75) is 6.42 Å². The van der Waals surface area contributed by atoms with Gasteiger partial charge in [-0.25, -0.2) is 0 Å². The third-order valence-corrected chi connectivity index (χ3v) is 2.39. The van der Waals surface area contributed by atoms with Crippen LogP contribution in [0.3, 0.4) is 0 Å². The molecule has 0 fully saturated rings. The minimum absolute atomic E-state index is 0.0368. The summed E-state index contributed by atoms with van der Waals surface area (Å²) in [6.45, 7) is 0.842. The fourth-order valence-electron chi connectivity index (χ4n) is 1.48. The maximum atomic E-state index is 11.6. The number of methoxy groups -OCH3 is 1. The predicted octanol–water partition coefficient (Wildman–Crippen LogP) is -0.310. The van der Waals surface area contributed by atoms with Crippen molar-refractivity contribution >= 4 is 17.5 Å². The van der Waals surface area contributed by atoms with Crippen molar-refractivity contribution in [2.24, 2.45) is 0 Å². The number of nitrogens with two attached hydrogens (primary N) is 1. The number of ether oxygens (including phenoxy) is 1. The van der Waals surface area contributed by atoms with E-state index in [2.05, 4.69) is 10.6 Å². The number of benzene rings is 1. The zero-order valence-electron chi connectivity index (χ0n) is 10.9. The molecule has 0 radical (unpaired) electrons. The fraction of sp³-hybridized carbons (Fsp3) is 0.385. The Balaban J connectivity index is 2.26. The summed E-state index contributed by atoms with van der Waals surface area (Å²) < 4.78 is 4.79. The number of nitrogens with one attached hydrogen (secondary N) is 2. The second kappa shape index (κ2) is 8.10. The highest BCUT2D eigenvalue weighted by Gasteiger charge is 2.06. The normalized spacial score (nSPS) is 9.95. The van der Waals surface area contributed by atoms with Gasteiger partial charge in [-0.1, -0.05) is 12.1 Å². The van der Waals surface area contributed by atoms with E-state index >= 15 is 0 Å². The first-order chi connectivity index (χ1) is 9.11. The van der Waals surface area contributed by atoms with Gasteiger partial charge in [-0.2, -0.15) is 0 Å². The van der Waals surface area contributed by atoms with Gasteiger partial charge in [0.2, 0.25) is 11.8 Å². The van der Waals surface area contributed by atoms with Gasteiger partial charge in [0, 0.05) is 19.3 Å². The van der Waals surface area contributed by atoms with Gasteiger partial charge in [0.15, 0.2) is 0 Å². The number of anilines is 1. The van der Waals surface area contributed by atoms with E-state index in [4.69, 9.17) is 10.5 Å². The van der Waals surface area contributed by atoms with Gasteiger partial charge in [0.25, 0.3) is 0 Å². The number of hydrogen-bond acceptors (Lipinski definition) is 4. The second-order valence-corrected chi connectivity index (χ2v) is 4.04. The van der Waals surface area contributed by atoms with E-state index in [1.165, 1.54) is 0 Å². The second-order valence-electron chi connectivity index (χ2n) is 4.04. The highest BCUT2D eigenvalue weighted by atomic mass is 16.5. The molecule has 0 bridgehead atoms. The van der Waals surface area contributed by atoms with Crippen LogP contribution in [-0.2, 0) is 20.7 Å². The molecule has 0 aliphatic heterocycles. The van der Waals surface area contributed by atoms with E-state index in [9.17, 15) is 9.59 Å². The summed E-state index contributed by atoms with van der Waals surface area (Å²) in [5.74, 6) is -0.453. The maximum Gasteiger partial charge on any atom is 0.239 e. The topological polar surface area (TPSA) is 93.5 Å². The zero-order valence-corrected chi connectivity index (χ0v) is 10.9. The molecule has 0 heterocycles. The molecule has 0 saturated heterocycles. The molecule has 104 valence electrons. The molecule has 1 aromatic carbocycles. The molecule has 0 saturated carbocycles. The summed E-state index contributed by atoms with van der Waals surface area (Å²) in [5.41, 5.74) is 7.05. The monoisotopic (exact) mass is 265 g/mol. The summed E-state index contributed by atoms with van der Waals surface area (Å²) in [5, 5.41) is 5.16. The molecule has 19 heavy (non-hydrogen) atoms. The maximum absolute atomic E-state index is 11.6. The largest absolute Gasteiger partial charge is 0.399 e. The number of carbonyl (C=O) groups excluding carboxylic acids is 2. The molecule has 1 aromatic rings. The highest BCUT2D eigenvalue weighted by molar-refractivity contribution is 5.85. The van der Waals surface area contributed by atoms with Crippen LogP contribution in [0.1, 0.15) is 5.56 Å². The Labute approximate surface area is 112 Å². The molecule has 0 spiro atoms. The summed E-state index contributed by atoms with van der Waals surface area (Å²) >= 11 is 0. The molecule has 6 nitrogen and oxygen atoms in total. The summed E-state index contributed by atoms with van der Waals surface area (Å²) in [6.07, 6.45) is 0.205. The van der Waals surface area contributed by atoms with E-state index in [-0.39, 0.29) is 24.8 Å². The predicted molar refractivity (Wildman–Crippen MR) is 72.5 cm³/mol. The number of carbonyl (C=O) groups is 2. The standard InChI is InChI=1S/C13H19N3O3/c1-19-6-5-15-13(18)9-16-12(17)8-10-3-2-4-11(14)7-10/h2-4,7H,5-6,8-9,14H2,1H3,(H,15,18)(H,16,17). The molecular formula is C13H19N3O3. The van der Waals surface area contributed by atoms with Crippen molar-refractivity contribution in [2.75, 3.05) is 32.5 Å². The lowest BCUT2D eigenvalue weighted by atomic mass is 10.1. The number of nitrogen functional groups attached to an aromatic ring is 1. The lowest BCUT2D eigenvalue weighted by Crippen LogP contribution is -2.38. The minimum Gasteiger partial charge on any atom is -0.399 e. The number of rotatable bonds is 7. The van der Waals surface area contributed by atoms with E-state index in [0.717, 1.165) is 5.56 Å². The van der Waals surface area contributed by atoms with E-state index < -0.39 is 0 Å². The molecule has 0 aliphatic carbocycles. The van der Waals surface area contributed by atoms with E-state index in [1.807, 2.05) is 6.07 Å². The first-order valence-electron chi connectivity index (χ1n) is 5.98. The Morgan fingerprint density at radius 3 is 2.74 bits per heavy atom. The van der Waals surface area contributed by atoms with E-state index in [1.54, 1.807) is 25.3 Å².